The van der Waals surface area contributed by atoms with E-state index in [4.69, 9.17) is 20.4 Å². The van der Waals surface area contributed by atoms with Gasteiger partial charge in [-0.05, 0) is 26.2 Å². The van der Waals surface area contributed by atoms with Crippen molar-refractivity contribution in [3.8, 4) is 0 Å². The summed E-state index contributed by atoms with van der Waals surface area (Å²) in [5.74, 6) is -0.582. The predicted octanol–water partition coefficient (Wildman–Crippen LogP) is 2.96. The standard InChI is InChI=1S/C5H8O3.3C4H10O.Ti/c1-4(6)3-5(7)8-2;3*1-2-3-4-5;/h3,6H,1-2H3;3*5H,2-4H2,1H3;. The van der Waals surface area contributed by atoms with Gasteiger partial charge in [0.25, 0.3) is 0 Å². The summed E-state index contributed by atoms with van der Waals surface area (Å²) in [7, 11) is 1.25. The van der Waals surface area contributed by atoms with Gasteiger partial charge < -0.3 is 25.2 Å². The number of hydrogen-bond donors (Lipinski definition) is 4. The van der Waals surface area contributed by atoms with Gasteiger partial charge in [-0.2, -0.15) is 0 Å². The van der Waals surface area contributed by atoms with Crippen molar-refractivity contribution < 1.29 is 51.7 Å². The quantitative estimate of drug-likeness (QED) is 0.232. The van der Waals surface area contributed by atoms with Gasteiger partial charge in [0.1, 0.15) is 0 Å². The van der Waals surface area contributed by atoms with Crippen LogP contribution in [0.25, 0.3) is 0 Å². The molecule has 0 aliphatic carbocycles. The maximum Gasteiger partial charge on any atom is 0.333 e. The molecule has 0 aromatic rings. The van der Waals surface area contributed by atoms with Crippen LogP contribution in [0, 0.1) is 0 Å². The van der Waals surface area contributed by atoms with Gasteiger partial charge in [-0.3, -0.25) is 0 Å². The molecule has 0 heterocycles. The van der Waals surface area contributed by atoms with E-state index in [0.717, 1.165) is 44.6 Å². The Morgan fingerprint density at radius 3 is 1.21 bits per heavy atom. The normalized spacial score (nSPS) is 8.92. The predicted molar refractivity (Wildman–Crippen MR) is 94.4 cm³/mol. The van der Waals surface area contributed by atoms with Crippen molar-refractivity contribution in [3.63, 3.8) is 0 Å². The maximum absolute atomic E-state index is 10.2. The molecular formula is C17H38O6Ti. The molecule has 0 saturated heterocycles. The zero-order valence-electron chi connectivity index (χ0n) is 16.0. The van der Waals surface area contributed by atoms with E-state index in [1.54, 1.807) is 0 Å². The van der Waals surface area contributed by atoms with Gasteiger partial charge in [0.05, 0.1) is 18.9 Å². The van der Waals surface area contributed by atoms with E-state index in [1.165, 1.54) is 14.0 Å². The summed E-state index contributed by atoms with van der Waals surface area (Å²) in [6.45, 7) is 8.59. The van der Waals surface area contributed by atoms with Crippen LogP contribution >= 0.6 is 0 Å². The van der Waals surface area contributed by atoms with Crippen LogP contribution in [0.1, 0.15) is 66.2 Å². The molecule has 7 heteroatoms. The molecule has 0 radical (unpaired) electrons. The van der Waals surface area contributed by atoms with Crippen molar-refractivity contribution in [2.24, 2.45) is 0 Å². The number of aliphatic hydroxyl groups is 4. The summed E-state index contributed by atoms with van der Waals surface area (Å²) in [6, 6.07) is 0. The Kier molecular flexibility index (Phi) is 55.6. The zero-order valence-corrected chi connectivity index (χ0v) is 17.6. The molecule has 0 fully saturated rings. The minimum atomic E-state index is -0.537. The SMILES string of the molecule is CCCCO.CCCCO.CCCCO.COC(=O)C=C(C)O.[Ti]. The van der Waals surface area contributed by atoms with Gasteiger partial charge >= 0.3 is 5.97 Å². The Labute approximate surface area is 162 Å². The Hall–Kier alpha value is -0.396. The van der Waals surface area contributed by atoms with Crippen LogP contribution in [0.15, 0.2) is 11.8 Å². The van der Waals surface area contributed by atoms with E-state index in [0.29, 0.717) is 19.8 Å². The van der Waals surface area contributed by atoms with Crippen LogP contribution in [-0.4, -0.2) is 53.3 Å². The van der Waals surface area contributed by atoms with E-state index in [9.17, 15) is 4.79 Å². The number of hydrogen-bond acceptors (Lipinski definition) is 6. The summed E-state index contributed by atoms with van der Waals surface area (Å²) in [5.41, 5.74) is 0. The van der Waals surface area contributed by atoms with E-state index in [-0.39, 0.29) is 27.5 Å². The number of rotatable bonds is 7. The molecule has 0 saturated carbocycles. The van der Waals surface area contributed by atoms with E-state index in [2.05, 4.69) is 25.5 Å². The van der Waals surface area contributed by atoms with Gasteiger partial charge in [0.2, 0.25) is 0 Å². The molecule has 0 aromatic heterocycles. The smallest absolute Gasteiger partial charge is 0.333 e. The first-order valence-electron chi connectivity index (χ1n) is 8.19. The first-order valence-corrected chi connectivity index (χ1v) is 8.19. The van der Waals surface area contributed by atoms with E-state index < -0.39 is 5.97 Å². The molecule has 0 aliphatic rings. The average molecular weight is 386 g/mol. The van der Waals surface area contributed by atoms with E-state index in [1.807, 2.05) is 0 Å². The molecule has 0 aromatic carbocycles. The Morgan fingerprint density at radius 1 is 0.875 bits per heavy atom. The number of unbranched alkanes of at least 4 members (excludes halogenated alkanes) is 3. The van der Waals surface area contributed by atoms with Crippen LogP contribution in [0.4, 0.5) is 0 Å². The third-order valence-corrected chi connectivity index (χ3v) is 2.06. The Bertz CT molecular complexity index is 211. The molecule has 0 bridgehead atoms. The van der Waals surface area contributed by atoms with Crippen LogP contribution < -0.4 is 0 Å². The second-order valence-corrected chi connectivity index (χ2v) is 4.54. The number of esters is 1. The molecule has 0 rings (SSSR count). The molecule has 24 heavy (non-hydrogen) atoms. The molecule has 4 N–H and O–H groups in total. The number of ether oxygens (including phenoxy) is 1. The molecule has 0 aliphatic heterocycles. The summed E-state index contributed by atoms with van der Waals surface area (Å²) in [4.78, 5) is 10.2. The van der Waals surface area contributed by atoms with Crippen LogP contribution in [0.2, 0.25) is 0 Å². The fourth-order valence-corrected chi connectivity index (χ4v) is 0.704. The molecule has 0 spiro atoms. The van der Waals surface area contributed by atoms with Crippen molar-refractivity contribution in [1.82, 2.24) is 0 Å². The van der Waals surface area contributed by atoms with Crippen molar-refractivity contribution in [2.45, 2.75) is 66.2 Å². The average Bonchev–Trinajstić information content (AvgIpc) is 2.51. The van der Waals surface area contributed by atoms with Crippen LogP contribution in [0.3, 0.4) is 0 Å². The fourth-order valence-electron chi connectivity index (χ4n) is 0.704. The molecule has 0 amide bonds. The van der Waals surface area contributed by atoms with Gasteiger partial charge in [-0.15, -0.1) is 0 Å². The fraction of sp³-hybridized carbons (Fsp3) is 0.824. The first kappa shape index (κ1) is 34.8. The number of methoxy groups -OCH3 is 1. The van der Waals surface area contributed by atoms with Crippen molar-refractivity contribution in [3.05, 3.63) is 11.8 Å². The van der Waals surface area contributed by atoms with Gasteiger partial charge in [-0.25, -0.2) is 4.79 Å². The van der Waals surface area contributed by atoms with Gasteiger partial charge in [-0.1, -0.05) is 40.0 Å². The Balaban J connectivity index is -0.0000000677. The topological polar surface area (TPSA) is 107 Å². The summed E-state index contributed by atoms with van der Waals surface area (Å²) >= 11 is 0. The zero-order chi connectivity index (χ0) is 18.9. The summed E-state index contributed by atoms with van der Waals surface area (Å²) < 4.78 is 4.19. The second-order valence-electron chi connectivity index (χ2n) is 4.54. The molecule has 6 nitrogen and oxygen atoms in total. The van der Waals surface area contributed by atoms with Crippen molar-refractivity contribution >= 4 is 5.97 Å². The van der Waals surface area contributed by atoms with Crippen LogP contribution in [0.5, 0.6) is 0 Å². The second kappa shape index (κ2) is 38.3. The number of carbonyl (C=O) groups excluding carboxylic acids is 1. The number of carbonyl (C=O) groups is 1. The minimum absolute atomic E-state index is 0. The first-order chi connectivity index (χ1) is 10.9. The van der Waals surface area contributed by atoms with Crippen molar-refractivity contribution in [2.75, 3.05) is 26.9 Å². The van der Waals surface area contributed by atoms with Crippen molar-refractivity contribution in [1.29, 1.82) is 0 Å². The maximum atomic E-state index is 10.2. The Morgan fingerprint density at radius 2 is 1.17 bits per heavy atom. The van der Waals surface area contributed by atoms with Crippen LogP contribution in [-0.2, 0) is 31.2 Å². The third-order valence-electron chi connectivity index (χ3n) is 2.06. The number of aliphatic hydroxyl groups excluding tert-OH is 4. The monoisotopic (exact) mass is 386 g/mol. The van der Waals surface area contributed by atoms with Gasteiger partial charge in [0.15, 0.2) is 0 Å². The van der Waals surface area contributed by atoms with Gasteiger partial charge in [0, 0.05) is 41.5 Å². The summed E-state index contributed by atoms with van der Waals surface area (Å²) in [5, 5.41) is 32.6. The largest absolute Gasteiger partial charge is 0.512 e. The third kappa shape index (κ3) is 68.1. The minimum Gasteiger partial charge on any atom is -0.512 e. The molecule has 0 atom stereocenters. The number of allylic oxidation sites excluding steroid dienone is 1. The molecule has 146 valence electrons. The van der Waals surface area contributed by atoms with E-state index >= 15 is 0 Å². The summed E-state index contributed by atoms with van der Waals surface area (Å²) in [6.07, 6.45) is 7.11. The molecular weight excluding hydrogens is 348 g/mol. The molecule has 0 unspecified atom stereocenters.